The van der Waals surface area contributed by atoms with Gasteiger partial charge in [-0.2, -0.15) is 0 Å². The first-order valence-electron chi connectivity index (χ1n) is 28.0. The van der Waals surface area contributed by atoms with Crippen molar-refractivity contribution < 1.29 is 37.3 Å². The lowest BCUT2D eigenvalue weighted by Crippen LogP contribution is -2.37. The lowest BCUT2D eigenvalue weighted by molar-refractivity contribution is -0.870. The van der Waals surface area contributed by atoms with Gasteiger partial charge in [-0.3, -0.25) is 13.8 Å². The molecule has 0 spiro atoms. The summed E-state index contributed by atoms with van der Waals surface area (Å²) in [5.41, 5.74) is 0. The van der Waals surface area contributed by atoms with Gasteiger partial charge >= 0.3 is 13.8 Å². The number of hydrogen-bond acceptors (Lipinski definition) is 6. The molecule has 8 nitrogen and oxygen atoms in total. The molecule has 2 atom stereocenters. The maximum atomic E-state index is 12.8. The Morgan fingerprint density at radius 1 is 0.464 bits per heavy atom. The first-order valence-corrected chi connectivity index (χ1v) is 29.5. The fourth-order valence-electron chi connectivity index (χ4n) is 7.35. The van der Waals surface area contributed by atoms with Crippen LogP contribution in [0.25, 0.3) is 0 Å². The van der Waals surface area contributed by atoms with Gasteiger partial charge in [0.05, 0.1) is 34.4 Å². The molecular formula is C60H107NO7P+. The smallest absolute Gasteiger partial charge is 0.457 e. The van der Waals surface area contributed by atoms with Crippen molar-refractivity contribution in [3.63, 3.8) is 0 Å². The van der Waals surface area contributed by atoms with Crippen LogP contribution in [0, 0.1) is 0 Å². The first kappa shape index (κ1) is 66.4. The second-order valence-corrected chi connectivity index (χ2v) is 21.0. The molecule has 1 N–H and O–H groups in total. The fraction of sp³-hybridized carbons (Fsp3) is 0.717. The van der Waals surface area contributed by atoms with Crippen molar-refractivity contribution in [2.24, 2.45) is 0 Å². The second kappa shape index (κ2) is 51.8. The summed E-state index contributed by atoms with van der Waals surface area (Å²) in [4.78, 5) is 23.1. The third-order valence-corrected chi connectivity index (χ3v) is 12.6. The summed E-state index contributed by atoms with van der Waals surface area (Å²) in [7, 11) is 1.63. The standard InChI is InChI=1S/C60H106NO7P/c1-6-8-10-12-14-16-18-20-22-24-26-28-30-31-32-33-35-37-39-41-43-45-47-49-51-53-60(62)68-59(58-67-69(63,64)66-56-54-61(3,4)5)57-65-55-52-50-48-46-44-42-40-38-36-34-29-27-25-23-21-19-17-15-13-11-9-7-2/h8,10,14,16,20,22,25-28,31-32,35,37,41,43,59H,6-7,9,11-13,15,17-19,21,23-24,29-30,33-34,36,38-40,42,44-58H2,1-5H3/p+1/b10-8-,16-14-,22-20-,27-25-,28-26-,32-31-,37-35-,43-41-. The van der Waals surface area contributed by atoms with E-state index in [2.05, 4.69) is 111 Å². The van der Waals surface area contributed by atoms with Gasteiger partial charge in [-0.05, 0) is 96.3 Å². The number of nitrogens with zero attached hydrogens (tertiary/aromatic N) is 1. The molecule has 0 aromatic rings. The third-order valence-electron chi connectivity index (χ3n) is 11.6. The molecule has 0 aromatic heterocycles. The minimum Gasteiger partial charge on any atom is -0.457 e. The fourth-order valence-corrected chi connectivity index (χ4v) is 8.09. The number of rotatable bonds is 51. The Bertz CT molecular complexity index is 1420. The molecule has 398 valence electrons. The van der Waals surface area contributed by atoms with Crippen LogP contribution in [0.15, 0.2) is 97.2 Å². The van der Waals surface area contributed by atoms with Gasteiger partial charge < -0.3 is 18.9 Å². The number of allylic oxidation sites excluding steroid dienone is 16. The van der Waals surface area contributed by atoms with Crippen LogP contribution in [-0.4, -0.2) is 75.6 Å². The van der Waals surface area contributed by atoms with Crippen molar-refractivity contribution in [1.29, 1.82) is 0 Å². The van der Waals surface area contributed by atoms with E-state index in [0.29, 0.717) is 17.6 Å². The molecule has 0 bridgehead atoms. The van der Waals surface area contributed by atoms with Gasteiger partial charge in [0.1, 0.15) is 19.3 Å². The third kappa shape index (κ3) is 56.2. The summed E-state index contributed by atoms with van der Waals surface area (Å²) in [5.74, 6) is -0.347. The van der Waals surface area contributed by atoms with Crippen LogP contribution < -0.4 is 0 Å². The highest BCUT2D eigenvalue weighted by molar-refractivity contribution is 7.47. The van der Waals surface area contributed by atoms with Crippen molar-refractivity contribution in [3.05, 3.63) is 97.2 Å². The summed E-state index contributed by atoms with van der Waals surface area (Å²) >= 11 is 0. The zero-order chi connectivity index (χ0) is 50.5. The van der Waals surface area contributed by atoms with E-state index in [-0.39, 0.29) is 32.2 Å². The number of quaternary nitrogens is 1. The molecule has 0 aliphatic heterocycles. The maximum absolute atomic E-state index is 12.8. The minimum absolute atomic E-state index is 0.0766. The Hall–Kier alpha value is -2.58. The van der Waals surface area contributed by atoms with Crippen molar-refractivity contribution in [2.75, 3.05) is 54.1 Å². The van der Waals surface area contributed by atoms with E-state index in [4.69, 9.17) is 18.5 Å². The molecular weight excluding hydrogens is 878 g/mol. The average Bonchev–Trinajstić information content (AvgIpc) is 3.31. The van der Waals surface area contributed by atoms with Crippen molar-refractivity contribution in [1.82, 2.24) is 0 Å². The molecule has 0 radical (unpaired) electrons. The van der Waals surface area contributed by atoms with Gasteiger partial charge in [0.2, 0.25) is 0 Å². The normalized spacial score (nSPS) is 14.2. The summed E-state index contributed by atoms with van der Waals surface area (Å²) in [5, 5.41) is 0. The Morgan fingerprint density at radius 2 is 0.841 bits per heavy atom. The predicted molar refractivity (Wildman–Crippen MR) is 298 cm³/mol. The number of phosphoric ester groups is 1. The molecule has 0 amide bonds. The van der Waals surface area contributed by atoms with Crippen LogP contribution in [-0.2, 0) is 27.9 Å². The number of unbranched alkanes of at least 4 members (excludes halogenated alkanes) is 21. The minimum atomic E-state index is -4.30. The summed E-state index contributed by atoms with van der Waals surface area (Å²) < 4.78 is 35.2. The average molecular weight is 985 g/mol. The van der Waals surface area contributed by atoms with Crippen LogP contribution in [0.5, 0.6) is 0 Å². The molecule has 0 rings (SSSR count). The topological polar surface area (TPSA) is 91.3 Å². The highest BCUT2D eigenvalue weighted by Gasteiger charge is 2.26. The molecule has 69 heavy (non-hydrogen) atoms. The van der Waals surface area contributed by atoms with E-state index in [9.17, 15) is 14.3 Å². The lowest BCUT2D eigenvalue weighted by atomic mass is 10.1. The molecule has 0 aromatic carbocycles. The van der Waals surface area contributed by atoms with Gasteiger partial charge in [0, 0.05) is 13.0 Å². The van der Waals surface area contributed by atoms with Crippen LogP contribution in [0.4, 0.5) is 0 Å². The van der Waals surface area contributed by atoms with Gasteiger partial charge in [0.15, 0.2) is 0 Å². The molecule has 0 aliphatic carbocycles. The number of carbonyl (C=O) groups excluding carboxylic acids is 1. The summed E-state index contributed by atoms with van der Waals surface area (Å²) in [6, 6.07) is 0. The molecule has 2 unspecified atom stereocenters. The molecule has 9 heteroatoms. The van der Waals surface area contributed by atoms with E-state index >= 15 is 0 Å². The monoisotopic (exact) mass is 985 g/mol. The zero-order valence-corrected chi connectivity index (χ0v) is 46.2. The van der Waals surface area contributed by atoms with Crippen LogP contribution >= 0.6 is 7.82 Å². The number of ether oxygens (including phenoxy) is 2. The number of carbonyl (C=O) groups is 1. The highest BCUT2D eigenvalue weighted by Crippen LogP contribution is 2.43. The lowest BCUT2D eigenvalue weighted by Gasteiger charge is -2.24. The number of esters is 1. The second-order valence-electron chi connectivity index (χ2n) is 19.6. The number of hydrogen-bond donors (Lipinski definition) is 1. The van der Waals surface area contributed by atoms with E-state index in [1.54, 1.807) is 0 Å². The Kier molecular flexibility index (Phi) is 49.8. The maximum Gasteiger partial charge on any atom is 0.472 e. The van der Waals surface area contributed by atoms with E-state index in [0.717, 1.165) is 83.5 Å². The van der Waals surface area contributed by atoms with Gasteiger partial charge in [-0.15, -0.1) is 0 Å². The van der Waals surface area contributed by atoms with Crippen LogP contribution in [0.1, 0.15) is 219 Å². The van der Waals surface area contributed by atoms with Gasteiger partial charge in [-0.25, -0.2) is 4.57 Å². The molecule has 0 aliphatic rings. The summed E-state index contributed by atoms with van der Waals surface area (Å²) in [6.45, 7) is 5.46. The summed E-state index contributed by atoms with van der Waals surface area (Å²) in [6.07, 6.45) is 71.8. The van der Waals surface area contributed by atoms with Gasteiger partial charge in [-0.1, -0.05) is 214 Å². The van der Waals surface area contributed by atoms with Gasteiger partial charge in [0.25, 0.3) is 0 Å². The zero-order valence-electron chi connectivity index (χ0n) is 45.3. The number of phosphoric acid groups is 1. The Balaban J connectivity index is 4.21. The van der Waals surface area contributed by atoms with Crippen molar-refractivity contribution in [2.45, 2.75) is 225 Å². The predicted octanol–water partition coefficient (Wildman–Crippen LogP) is 17.7. The Labute approximate surface area is 426 Å². The van der Waals surface area contributed by atoms with Crippen LogP contribution in [0.2, 0.25) is 0 Å². The molecule has 0 heterocycles. The largest absolute Gasteiger partial charge is 0.472 e. The quantitative estimate of drug-likeness (QED) is 0.0213. The van der Waals surface area contributed by atoms with E-state index < -0.39 is 13.9 Å². The SMILES string of the molecule is CC/C=C\C/C=C\C/C=C\C/C=C\C/C=C\C/C=C\C/C=C\CCCCCC(=O)OC(COCCCCCCCCCCCC/C=C\CCCCCCCCCC)COP(=O)(O)OCC[N+](C)(C)C. The van der Waals surface area contributed by atoms with E-state index in [1.165, 1.54) is 116 Å². The van der Waals surface area contributed by atoms with Crippen LogP contribution in [0.3, 0.4) is 0 Å². The first-order chi connectivity index (χ1) is 33.6. The van der Waals surface area contributed by atoms with Crippen molar-refractivity contribution >= 4 is 13.8 Å². The molecule has 0 fully saturated rings. The van der Waals surface area contributed by atoms with Crippen molar-refractivity contribution in [3.8, 4) is 0 Å². The number of likely N-dealkylation sites (N-methyl/N-ethyl adjacent to an activating group) is 1. The highest BCUT2D eigenvalue weighted by atomic mass is 31.2. The molecule has 0 saturated carbocycles. The van der Waals surface area contributed by atoms with E-state index in [1.807, 2.05) is 21.1 Å². The Morgan fingerprint density at radius 3 is 1.28 bits per heavy atom. The molecule has 0 saturated heterocycles.